The van der Waals surface area contributed by atoms with Gasteiger partial charge in [0.2, 0.25) is 0 Å². The molecule has 0 amide bonds. The molecule has 0 heterocycles. The minimum atomic E-state index is -0.588. The van der Waals surface area contributed by atoms with E-state index in [-0.39, 0.29) is 29.4 Å². The summed E-state index contributed by atoms with van der Waals surface area (Å²) in [5, 5.41) is 13.8. The van der Waals surface area contributed by atoms with E-state index in [4.69, 9.17) is 21.1 Å². The molecule has 2 aromatic rings. The number of nitriles is 1. The Morgan fingerprint density at radius 2 is 2.06 bits per heavy atom. The number of benzene rings is 2. The minimum Gasteiger partial charge on any atom is -0.488 e. The lowest BCUT2D eigenvalue weighted by Gasteiger charge is -2.30. The zero-order chi connectivity index (χ0) is 23.9. The van der Waals surface area contributed by atoms with Crippen molar-refractivity contribution in [2.75, 3.05) is 26.9 Å². The lowest BCUT2D eigenvalue weighted by molar-refractivity contribution is 0.144. The van der Waals surface area contributed by atoms with Crippen molar-refractivity contribution in [1.29, 1.82) is 5.26 Å². The van der Waals surface area contributed by atoms with Crippen LogP contribution >= 0.6 is 11.6 Å². The Morgan fingerprint density at radius 1 is 1.21 bits per heavy atom. The van der Waals surface area contributed by atoms with Crippen LogP contribution in [-0.4, -0.2) is 32.9 Å². The first-order valence-electron chi connectivity index (χ1n) is 11.9. The summed E-state index contributed by atoms with van der Waals surface area (Å²) < 4.78 is 26.1. The molecule has 0 aliphatic heterocycles. The van der Waals surface area contributed by atoms with E-state index >= 15 is 4.39 Å². The molecule has 2 aliphatic rings. The molecule has 1 unspecified atom stereocenters. The molecule has 0 spiro atoms. The van der Waals surface area contributed by atoms with Gasteiger partial charge in [-0.15, -0.1) is 0 Å². The molecule has 6 heteroatoms. The van der Waals surface area contributed by atoms with Gasteiger partial charge in [0.05, 0.1) is 18.2 Å². The number of hydrogen-bond donors (Lipinski definition) is 1. The van der Waals surface area contributed by atoms with Crippen LogP contribution in [0.15, 0.2) is 54.1 Å². The van der Waals surface area contributed by atoms with Crippen molar-refractivity contribution in [2.45, 2.75) is 44.1 Å². The lowest BCUT2D eigenvalue weighted by atomic mass is 9.85. The fourth-order valence-corrected chi connectivity index (χ4v) is 4.64. The molecule has 0 radical (unpaired) electrons. The van der Waals surface area contributed by atoms with Gasteiger partial charge in [0, 0.05) is 41.8 Å². The van der Waals surface area contributed by atoms with Crippen LogP contribution < -0.4 is 10.1 Å². The number of methoxy groups -OCH3 is 1. The van der Waals surface area contributed by atoms with E-state index in [2.05, 4.69) is 29.6 Å². The van der Waals surface area contributed by atoms with Gasteiger partial charge in [-0.2, -0.15) is 5.26 Å². The van der Waals surface area contributed by atoms with Crippen LogP contribution in [-0.2, 0) is 4.74 Å². The minimum absolute atomic E-state index is 0.0774. The second-order valence-electron chi connectivity index (χ2n) is 8.77. The van der Waals surface area contributed by atoms with Crippen molar-refractivity contribution in [3.63, 3.8) is 0 Å². The predicted octanol–water partition coefficient (Wildman–Crippen LogP) is 6.55. The highest BCUT2D eigenvalue weighted by atomic mass is 35.5. The van der Waals surface area contributed by atoms with Crippen molar-refractivity contribution in [3.8, 4) is 22.9 Å². The molecule has 1 fully saturated rings. The normalized spacial score (nSPS) is 16.5. The van der Waals surface area contributed by atoms with Crippen LogP contribution in [0.5, 0.6) is 5.75 Å². The van der Waals surface area contributed by atoms with E-state index < -0.39 is 5.82 Å². The van der Waals surface area contributed by atoms with E-state index in [0.29, 0.717) is 23.2 Å². The van der Waals surface area contributed by atoms with Crippen LogP contribution in [0, 0.1) is 17.1 Å². The van der Waals surface area contributed by atoms with Gasteiger partial charge in [-0.25, -0.2) is 4.39 Å². The van der Waals surface area contributed by atoms with Gasteiger partial charge >= 0.3 is 0 Å². The van der Waals surface area contributed by atoms with E-state index in [1.807, 2.05) is 12.1 Å². The van der Waals surface area contributed by atoms with Gasteiger partial charge in [0.1, 0.15) is 6.61 Å². The largest absolute Gasteiger partial charge is 0.488 e. The Hall–Kier alpha value is -2.65. The molecule has 2 aliphatic carbocycles. The smallest absolute Gasteiger partial charge is 0.174 e. The third kappa shape index (κ3) is 5.52. The number of rotatable bonds is 10. The molecule has 4 nitrogen and oxygen atoms in total. The number of halogens is 2. The fourth-order valence-electron chi connectivity index (χ4n) is 4.43. The number of ether oxygens (including phenoxy) is 2. The Kier molecular flexibility index (Phi) is 8.39. The van der Waals surface area contributed by atoms with Crippen LogP contribution in [0.4, 0.5) is 4.39 Å². The number of nitrogens with one attached hydrogen (secondary N) is 1. The third-order valence-electron chi connectivity index (χ3n) is 6.58. The molecule has 4 rings (SSSR count). The SMILES string of the molecule is COCCOc1ccc(C#N)c(-c2cc(C(CNC3CCC3)C3=CCCC=C3)ccc2Cl)c1F. The number of nitrogens with zero attached hydrogens (tertiary/aromatic N) is 1. The summed E-state index contributed by atoms with van der Waals surface area (Å²) in [6.07, 6.45) is 12.4. The Bertz CT molecular complexity index is 1120. The van der Waals surface area contributed by atoms with Gasteiger partial charge in [-0.1, -0.05) is 42.3 Å². The summed E-state index contributed by atoms with van der Waals surface area (Å²) in [6.45, 7) is 1.35. The maximum Gasteiger partial charge on any atom is 0.174 e. The van der Waals surface area contributed by atoms with E-state index in [1.165, 1.54) is 30.9 Å². The summed E-state index contributed by atoms with van der Waals surface area (Å²) >= 11 is 6.58. The van der Waals surface area contributed by atoms with E-state index in [0.717, 1.165) is 24.9 Å². The first kappa shape index (κ1) is 24.5. The summed E-state index contributed by atoms with van der Waals surface area (Å²) in [7, 11) is 1.56. The average Bonchev–Trinajstić information content (AvgIpc) is 2.83. The van der Waals surface area contributed by atoms with E-state index in [1.54, 1.807) is 19.2 Å². The Labute approximate surface area is 206 Å². The summed E-state index contributed by atoms with van der Waals surface area (Å²) in [5.74, 6) is -0.397. The summed E-state index contributed by atoms with van der Waals surface area (Å²) in [5.41, 5.74) is 3.18. The van der Waals surface area contributed by atoms with Gasteiger partial charge in [-0.05, 0) is 61.1 Å². The summed E-state index contributed by atoms with van der Waals surface area (Å²) in [6, 6.07) is 11.5. The average molecular weight is 481 g/mol. The van der Waals surface area contributed by atoms with Crippen molar-refractivity contribution in [3.05, 3.63) is 76.1 Å². The molecule has 34 heavy (non-hydrogen) atoms. The molecule has 178 valence electrons. The highest BCUT2D eigenvalue weighted by Crippen LogP contribution is 2.39. The molecular weight excluding hydrogens is 451 g/mol. The molecule has 0 aromatic heterocycles. The third-order valence-corrected chi connectivity index (χ3v) is 6.91. The van der Waals surface area contributed by atoms with Gasteiger partial charge in [0.15, 0.2) is 11.6 Å². The number of allylic oxidation sites excluding steroid dienone is 3. The van der Waals surface area contributed by atoms with Gasteiger partial charge < -0.3 is 14.8 Å². The maximum absolute atomic E-state index is 15.6. The predicted molar refractivity (Wildman–Crippen MR) is 134 cm³/mol. The Morgan fingerprint density at radius 3 is 2.74 bits per heavy atom. The molecule has 1 saturated carbocycles. The molecule has 2 aromatic carbocycles. The second-order valence-corrected chi connectivity index (χ2v) is 9.17. The fraction of sp³-hybridized carbons (Fsp3) is 0.393. The Balaban J connectivity index is 1.73. The highest BCUT2D eigenvalue weighted by Gasteiger charge is 2.24. The van der Waals surface area contributed by atoms with Crippen LogP contribution in [0.2, 0.25) is 5.02 Å². The van der Waals surface area contributed by atoms with Crippen LogP contribution in [0.25, 0.3) is 11.1 Å². The van der Waals surface area contributed by atoms with Crippen molar-refractivity contribution >= 4 is 11.6 Å². The number of hydrogen-bond acceptors (Lipinski definition) is 4. The molecule has 1 atom stereocenters. The van der Waals surface area contributed by atoms with Crippen LogP contribution in [0.3, 0.4) is 0 Å². The quantitative estimate of drug-likeness (QED) is 0.392. The first-order valence-corrected chi connectivity index (χ1v) is 12.2. The molecule has 1 N–H and O–H groups in total. The van der Waals surface area contributed by atoms with E-state index in [9.17, 15) is 5.26 Å². The second kappa shape index (κ2) is 11.7. The first-order chi connectivity index (χ1) is 16.6. The lowest BCUT2D eigenvalue weighted by Crippen LogP contribution is -2.38. The zero-order valence-corrected chi connectivity index (χ0v) is 20.2. The molecular formula is C28H30ClFN2O2. The standard InChI is InChI=1S/C28H30ClFN2O2/c1-33-14-15-34-26-13-11-21(17-31)27(28(26)30)23-16-20(10-12-25(23)29)24(18-32-22-8-5-9-22)19-6-3-2-4-7-19/h3,6-7,10-13,16,22,24,32H,2,4-5,8-9,14-15,18H2,1H3. The van der Waals surface area contributed by atoms with Crippen LogP contribution in [0.1, 0.15) is 49.1 Å². The van der Waals surface area contributed by atoms with Gasteiger partial charge in [0.25, 0.3) is 0 Å². The van der Waals surface area contributed by atoms with Crippen molar-refractivity contribution in [2.24, 2.45) is 0 Å². The highest BCUT2D eigenvalue weighted by molar-refractivity contribution is 6.33. The van der Waals surface area contributed by atoms with Gasteiger partial charge in [-0.3, -0.25) is 0 Å². The maximum atomic E-state index is 15.6. The summed E-state index contributed by atoms with van der Waals surface area (Å²) in [4.78, 5) is 0. The van der Waals surface area contributed by atoms with Crippen molar-refractivity contribution in [1.82, 2.24) is 5.32 Å². The topological polar surface area (TPSA) is 54.3 Å². The molecule has 0 bridgehead atoms. The van der Waals surface area contributed by atoms with Crippen molar-refractivity contribution < 1.29 is 13.9 Å². The monoisotopic (exact) mass is 480 g/mol. The molecule has 0 saturated heterocycles. The zero-order valence-electron chi connectivity index (χ0n) is 19.4.